The van der Waals surface area contributed by atoms with Crippen molar-refractivity contribution < 1.29 is 31.5 Å². The highest BCUT2D eigenvalue weighted by Crippen LogP contribution is 2.39. The van der Waals surface area contributed by atoms with Crippen LogP contribution >= 0.6 is 0 Å². The normalized spacial score (nSPS) is 27.5. The molecule has 2 rings (SSSR count). The van der Waals surface area contributed by atoms with Crippen LogP contribution in [0.15, 0.2) is 0 Å². The number of rotatable bonds is 2. The van der Waals surface area contributed by atoms with E-state index in [1.807, 2.05) is 0 Å². The second kappa shape index (κ2) is 6.14. The summed E-state index contributed by atoms with van der Waals surface area (Å²) in [4.78, 5) is 13.4. The molecule has 140 valence electrons. The number of nitrogens with zero attached hydrogens (tertiary/aromatic N) is 1. The zero-order valence-corrected chi connectivity index (χ0v) is 14.3. The van der Waals surface area contributed by atoms with E-state index < -0.39 is 38.3 Å². The summed E-state index contributed by atoms with van der Waals surface area (Å²) in [6.45, 7) is 0.0903. The molecular formula is C14H23F3N2O4S. The Morgan fingerprint density at radius 1 is 1.25 bits per heavy atom. The molecule has 0 aromatic heterocycles. The zero-order valence-electron chi connectivity index (χ0n) is 13.5. The Kier molecular flexibility index (Phi) is 4.97. The molecule has 1 heterocycles. The van der Waals surface area contributed by atoms with E-state index in [4.69, 9.17) is 5.73 Å². The van der Waals surface area contributed by atoms with Gasteiger partial charge in [-0.15, -0.1) is 0 Å². The lowest BCUT2D eigenvalue weighted by molar-refractivity contribution is -0.259. The minimum absolute atomic E-state index is 0.157. The molecule has 1 saturated heterocycles. The Bertz CT molecular complexity index is 598. The van der Waals surface area contributed by atoms with Crippen molar-refractivity contribution in [3.05, 3.63) is 0 Å². The van der Waals surface area contributed by atoms with Crippen LogP contribution in [0.25, 0.3) is 0 Å². The second-order valence-corrected chi connectivity index (χ2v) is 9.45. The molecule has 10 heteroatoms. The van der Waals surface area contributed by atoms with Crippen LogP contribution in [0.5, 0.6) is 0 Å². The van der Waals surface area contributed by atoms with Gasteiger partial charge in [0.2, 0.25) is 5.91 Å². The number of halogens is 3. The van der Waals surface area contributed by atoms with Gasteiger partial charge in [0, 0.05) is 13.1 Å². The second-order valence-electron chi connectivity index (χ2n) is 6.95. The lowest BCUT2D eigenvalue weighted by atomic mass is 9.87. The first-order chi connectivity index (χ1) is 10.8. The topological polar surface area (TPSA) is 101 Å². The van der Waals surface area contributed by atoms with Gasteiger partial charge < -0.3 is 15.7 Å². The minimum atomic E-state index is -5.06. The molecule has 2 atom stereocenters. The number of nitrogens with two attached hydrogens (primary N) is 1. The van der Waals surface area contributed by atoms with Crippen molar-refractivity contribution in [2.75, 3.05) is 18.8 Å². The zero-order chi connectivity index (χ0) is 18.4. The highest BCUT2D eigenvalue weighted by molar-refractivity contribution is 7.92. The van der Waals surface area contributed by atoms with E-state index in [1.165, 1.54) is 0 Å². The van der Waals surface area contributed by atoms with Gasteiger partial charge in [-0.25, -0.2) is 8.42 Å². The fraction of sp³-hybridized carbons (Fsp3) is 0.929. The van der Waals surface area contributed by atoms with Gasteiger partial charge in [-0.1, -0.05) is 19.3 Å². The number of hydrogen-bond donors (Lipinski definition) is 2. The van der Waals surface area contributed by atoms with Crippen molar-refractivity contribution in [1.29, 1.82) is 0 Å². The maximum atomic E-state index is 12.9. The Hall–Kier alpha value is -0.870. The van der Waals surface area contributed by atoms with Gasteiger partial charge >= 0.3 is 6.18 Å². The SMILES string of the molecule is CC(O)(C(N)C(=O)N1CCS(=O)(=O)C2(CCCCC2)C1)C(F)(F)F. The number of sulfone groups is 1. The smallest absolute Gasteiger partial charge is 0.379 e. The molecule has 1 aliphatic heterocycles. The Labute approximate surface area is 139 Å². The molecule has 0 aromatic rings. The van der Waals surface area contributed by atoms with E-state index in [0.29, 0.717) is 32.6 Å². The van der Waals surface area contributed by atoms with Crippen LogP contribution in [-0.4, -0.2) is 65.7 Å². The molecule has 2 unspecified atom stereocenters. The van der Waals surface area contributed by atoms with Crippen LogP contribution in [0.3, 0.4) is 0 Å². The summed E-state index contributed by atoms with van der Waals surface area (Å²) in [7, 11) is -3.42. The lowest BCUT2D eigenvalue weighted by Crippen LogP contribution is -2.66. The molecule has 0 radical (unpaired) electrons. The number of aliphatic hydroxyl groups is 1. The van der Waals surface area contributed by atoms with E-state index in [-0.39, 0.29) is 18.8 Å². The molecule has 2 aliphatic rings. The molecule has 0 aromatic carbocycles. The van der Waals surface area contributed by atoms with Crippen molar-refractivity contribution in [3.8, 4) is 0 Å². The highest BCUT2D eigenvalue weighted by Gasteiger charge is 2.58. The predicted molar refractivity (Wildman–Crippen MR) is 80.8 cm³/mol. The van der Waals surface area contributed by atoms with Crippen LogP contribution in [0, 0.1) is 0 Å². The van der Waals surface area contributed by atoms with Crippen molar-refractivity contribution in [2.45, 2.75) is 61.6 Å². The maximum absolute atomic E-state index is 12.9. The molecule has 0 bridgehead atoms. The fourth-order valence-corrected chi connectivity index (χ4v) is 5.60. The van der Waals surface area contributed by atoms with Crippen molar-refractivity contribution in [1.82, 2.24) is 4.90 Å². The van der Waals surface area contributed by atoms with E-state index in [0.717, 1.165) is 11.3 Å². The quantitative estimate of drug-likeness (QED) is 0.739. The molecule has 1 spiro atoms. The first-order valence-corrected chi connectivity index (χ1v) is 9.55. The summed E-state index contributed by atoms with van der Waals surface area (Å²) in [5, 5.41) is 9.61. The molecule has 1 saturated carbocycles. The third-order valence-electron chi connectivity index (χ3n) is 5.29. The summed E-state index contributed by atoms with van der Waals surface area (Å²) in [6, 6.07) is -2.20. The summed E-state index contributed by atoms with van der Waals surface area (Å²) in [6.07, 6.45) is -1.98. The first-order valence-electron chi connectivity index (χ1n) is 7.90. The maximum Gasteiger partial charge on any atom is 0.418 e. The van der Waals surface area contributed by atoms with Crippen LogP contribution in [0.1, 0.15) is 39.0 Å². The largest absolute Gasteiger partial charge is 0.418 e. The van der Waals surface area contributed by atoms with Gasteiger partial charge in [-0.3, -0.25) is 4.79 Å². The van der Waals surface area contributed by atoms with Gasteiger partial charge in [0.05, 0.1) is 10.5 Å². The number of alkyl halides is 3. The summed E-state index contributed by atoms with van der Waals surface area (Å²) in [5.41, 5.74) is 2.01. The number of carbonyl (C=O) groups excluding carboxylic acids is 1. The van der Waals surface area contributed by atoms with E-state index in [2.05, 4.69) is 0 Å². The van der Waals surface area contributed by atoms with Gasteiger partial charge in [0.1, 0.15) is 6.04 Å². The monoisotopic (exact) mass is 372 g/mol. The Morgan fingerprint density at radius 3 is 2.29 bits per heavy atom. The van der Waals surface area contributed by atoms with E-state index >= 15 is 0 Å². The van der Waals surface area contributed by atoms with E-state index in [1.54, 1.807) is 0 Å². The molecule has 6 nitrogen and oxygen atoms in total. The van der Waals surface area contributed by atoms with Crippen molar-refractivity contribution in [3.63, 3.8) is 0 Å². The Balaban J connectivity index is 2.22. The van der Waals surface area contributed by atoms with Gasteiger partial charge in [0.25, 0.3) is 0 Å². The van der Waals surface area contributed by atoms with E-state index in [9.17, 15) is 31.5 Å². The molecule has 24 heavy (non-hydrogen) atoms. The van der Waals surface area contributed by atoms with Crippen molar-refractivity contribution in [2.24, 2.45) is 5.73 Å². The molecular weight excluding hydrogens is 349 g/mol. The predicted octanol–water partition coefficient (Wildman–Crippen LogP) is 0.587. The van der Waals surface area contributed by atoms with Crippen LogP contribution < -0.4 is 5.73 Å². The van der Waals surface area contributed by atoms with Gasteiger partial charge in [-0.05, 0) is 19.8 Å². The summed E-state index contributed by atoms with van der Waals surface area (Å²) in [5.74, 6) is -1.36. The highest BCUT2D eigenvalue weighted by atomic mass is 32.2. The third kappa shape index (κ3) is 3.15. The first kappa shape index (κ1) is 19.5. The van der Waals surface area contributed by atoms with Crippen LogP contribution in [-0.2, 0) is 14.6 Å². The van der Waals surface area contributed by atoms with Crippen LogP contribution in [0.2, 0.25) is 0 Å². The third-order valence-corrected chi connectivity index (χ3v) is 7.87. The summed E-state index contributed by atoms with van der Waals surface area (Å²) < 4.78 is 62.5. The number of amides is 1. The lowest BCUT2D eigenvalue weighted by Gasteiger charge is -2.45. The van der Waals surface area contributed by atoms with Gasteiger partial charge in [-0.2, -0.15) is 13.2 Å². The molecule has 3 N–H and O–H groups in total. The standard InChI is InChI=1S/C14H23F3N2O4S/c1-12(21,14(15,16)17)10(18)11(20)19-7-8-24(22,23)13(9-19)5-3-2-4-6-13/h10,21H,2-9,18H2,1H3. The molecule has 1 amide bonds. The van der Waals surface area contributed by atoms with Gasteiger partial charge in [0.15, 0.2) is 15.4 Å². The van der Waals surface area contributed by atoms with Crippen molar-refractivity contribution >= 4 is 15.7 Å². The number of carbonyl (C=O) groups is 1. The minimum Gasteiger partial charge on any atom is -0.379 e. The number of hydrogen-bond acceptors (Lipinski definition) is 5. The molecule has 1 aliphatic carbocycles. The fourth-order valence-electron chi connectivity index (χ4n) is 3.44. The summed E-state index contributed by atoms with van der Waals surface area (Å²) >= 11 is 0. The van der Waals surface area contributed by atoms with Crippen LogP contribution in [0.4, 0.5) is 13.2 Å². The molecule has 2 fully saturated rings. The Morgan fingerprint density at radius 2 is 1.79 bits per heavy atom. The average molecular weight is 372 g/mol. The average Bonchev–Trinajstić information content (AvgIpc) is 2.48.